The predicted molar refractivity (Wildman–Crippen MR) is 66.8 cm³/mol. The van der Waals surface area contributed by atoms with Crippen LogP contribution < -0.4 is 0 Å². The van der Waals surface area contributed by atoms with Gasteiger partial charge in [-0.15, -0.1) is 0 Å². The Morgan fingerprint density at radius 1 is 1.44 bits per heavy atom. The largest absolute Gasteiger partial charge is 0.342 e. The number of nitrogens with zero attached hydrogens (tertiary/aromatic N) is 2. The molecule has 0 saturated carbocycles. The standard InChI is InChI=1S/C12H13N3S/c1-3-9-5-4-6-13-11(9)12-14-8(2)7-10(16)15-12/h4-7H,3H2,1-2H3,(H,14,15,16). The Morgan fingerprint density at radius 2 is 2.25 bits per heavy atom. The first kappa shape index (κ1) is 11.0. The van der Waals surface area contributed by atoms with Crippen molar-refractivity contribution < 1.29 is 0 Å². The minimum Gasteiger partial charge on any atom is -0.342 e. The first-order valence-corrected chi connectivity index (χ1v) is 5.63. The highest BCUT2D eigenvalue weighted by molar-refractivity contribution is 7.71. The Hall–Kier alpha value is -1.55. The number of hydrogen-bond donors (Lipinski definition) is 1. The fourth-order valence-electron chi connectivity index (χ4n) is 1.63. The molecular formula is C12H13N3S. The number of nitrogens with one attached hydrogen (secondary N) is 1. The molecule has 0 aromatic carbocycles. The van der Waals surface area contributed by atoms with E-state index in [1.54, 1.807) is 6.20 Å². The van der Waals surface area contributed by atoms with Crippen LogP contribution in [0.5, 0.6) is 0 Å². The van der Waals surface area contributed by atoms with Crippen molar-refractivity contribution in [2.75, 3.05) is 0 Å². The lowest BCUT2D eigenvalue weighted by Gasteiger charge is -2.06. The van der Waals surface area contributed by atoms with E-state index >= 15 is 0 Å². The maximum absolute atomic E-state index is 5.11. The molecule has 82 valence electrons. The number of hydrogen-bond acceptors (Lipinski definition) is 3. The molecule has 0 atom stereocenters. The third kappa shape index (κ3) is 2.17. The van der Waals surface area contributed by atoms with Crippen LogP contribution in [0.4, 0.5) is 0 Å². The summed E-state index contributed by atoms with van der Waals surface area (Å²) in [5.74, 6) is 0.752. The van der Waals surface area contributed by atoms with E-state index in [2.05, 4.69) is 27.9 Å². The molecule has 4 heteroatoms. The molecule has 0 unspecified atom stereocenters. The molecule has 0 spiro atoms. The van der Waals surface area contributed by atoms with Gasteiger partial charge in [-0.1, -0.05) is 25.2 Å². The van der Waals surface area contributed by atoms with Crippen LogP contribution in [-0.2, 0) is 6.42 Å². The minimum atomic E-state index is 0.596. The second kappa shape index (κ2) is 4.53. The summed E-state index contributed by atoms with van der Waals surface area (Å²) in [7, 11) is 0. The van der Waals surface area contributed by atoms with Crippen molar-refractivity contribution in [3.05, 3.63) is 40.3 Å². The van der Waals surface area contributed by atoms with Crippen molar-refractivity contribution >= 4 is 12.2 Å². The molecule has 2 aromatic rings. The zero-order valence-corrected chi connectivity index (χ0v) is 10.1. The fourth-order valence-corrected chi connectivity index (χ4v) is 1.90. The van der Waals surface area contributed by atoms with E-state index in [-0.39, 0.29) is 0 Å². The zero-order chi connectivity index (χ0) is 11.5. The van der Waals surface area contributed by atoms with Crippen LogP contribution in [0.3, 0.4) is 0 Å². The van der Waals surface area contributed by atoms with Gasteiger partial charge in [-0.3, -0.25) is 4.98 Å². The molecule has 3 nitrogen and oxygen atoms in total. The molecule has 0 aliphatic carbocycles. The summed E-state index contributed by atoms with van der Waals surface area (Å²) in [6.45, 7) is 4.07. The Balaban J connectivity index is 2.62. The fraction of sp³-hybridized carbons (Fsp3) is 0.250. The zero-order valence-electron chi connectivity index (χ0n) is 9.32. The lowest BCUT2D eigenvalue weighted by molar-refractivity contribution is 1.04. The average Bonchev–Trinajstić information content (AvgIpc) is 2.27. The van der Waals surface area contributed by atoms with E-state index in [1.165, 1.54) is 5.56 Å². The molecule has 0 radical (unpaired) electrons. The number of aromatic nitrogens is 3. The monoisotopic (exact) mass is 231 g/mol. The van der Waals surface area contributed by atoms with E-state index in [4.69, 9.17) is 12.2 Å². The Labute approximate surface area is 99.6 Å². The summed E-state index contributed by atoms with van der Waals surface area (Å²) in [6, 6.07) is 5.84. The molecule has 2 aromatic heterocycles. The van der Waals surface area contributed by atoms with Crippen molar-refractivity contribution in [2.24, 2.45) is 0 Å². The summed E-state index contributed by atoms with van der Waals surface area (Å²) >= 11 is 5.11. The van der Waals surface area contributed by atoms with Crippen LogP contribution in [0.2, 0.25) is 0 Å². The van der Waals surface area contributed by atoms with Gasteiger partial charge in [0.25, 0.3) is 0 Å². The van der Waals surface area contributed by atoms with Crippen LogP contribution in [0.25, 0.3) is 11.5 Å². The molecule has 0 aliphatic heterocycles. The average molecular weight is 231 g/mol. The number of aryl methyl sites for hydroxylation is 2. The van der Waals surface area contributed by atoms with Crippen LogP contribution >= 0.6 is 12.2 Å². The Kier molecular flexibility index (Phi) is 3.10. The smallest absolute Gasteiger partial charge is 0.158 e. The number of rotatable bonds is 2. The van der Waals surface area contributed by atoms with E-state index in [1.807, 2.05) is 19.1 Å². The number of H-pyrrole nitrogens is 1. The van der Waals surface area contributed by atoms with Crippen LogP contribution in [0, 0.1) is 11.6 Å². The summed E-state index contributed by atoms with van der Waals surface area (Å²) in [4.78, 5) is 11.9. The molecule has 16 heavy (non-hydrogen) atoms. The number of aromatic amines is 1. The van der Waals surface area contributed by atoms with Gasteiger partial charge in [-0.05, 0) is 31.0 Å². The summed E-state index contributed by atoms with van der Waals surface area (Å²) in [5.41, 5.74) is 3.06. The normalized spacial score (nSPS) is 10.4. The van der Waals surface area contributed by atoms with Gasteiger partial charge in [0, 0.05) is 11.9 Å². The van der Waals surface area contributed by atoms with Crippen molar-refractivity contribution in [2.45, 2.75) is 20.3 Å². The topological polar surface area (TPSA) is 41.6 Å². The highest BCUT2D eigenvalue weighted by Gasteiger charge is 2.06. The van der Waals surface area contributed by atoms with Crippen LogP contribution in [0.15, 0.2) is 24.4 Å². The van der Waals surface area contributed by atoms with Crippen molar-refractivity contribution in [1.29, 1.82) is 0 Å². The minimum absolute atomic E-state index is 0.596. The van der Waals surface area contributed by atoms with E-state index in [0.717, 1.165) is 23.6 Å². The highest BCUT2D eigenvalue weighted by atomic mass is 32.1. The molecule has 1 N–H and O–H groups in total. The molecule has 0 fully saturated rings. The Morgan fingerprint density at radius 3 is 2.94 bits per heavy atom. The van der Waals surface area contributed by atoms with Crippen LogP contribution in [0.1, 0.15) is 18.2 Å². The predicted octanol–water partition coefficient (Wildman–Crippen LogP) is 3.07. The second-order valence-corrected chi connectivity index (χ2v) is 4.03. The molecule has 0 aliphatic rings. The highest BCUT2D eigenvalue weighted by Crippen LogP contribution is 2.17. The molecular weight excluding hydrogens is 218 g/mol. The van der Waals surface area contributed by atoms with E-state index < -0.39 is 0 Å². The van der Waals surface area contributed by atoms with Gasteiger partial charge in [-0.2, -0.15) is 0 Å². The van der Waals surface area contributed by atoms with Gasteiger partial charge in [0.1, 0.15) is 10.3 Å². The van der Waals surface area contributed by atoms with Crippen LogP contribution in [-0.4, -0.2) is 15.0 Å². The first-order valence-electron chi connectivity index (χ1n) is 5.23. The lowest BCUT2D eigenvalue weighted by Crippen LogP contribution is -1.97. The van der Waals surface area contributed by atoms with Gasteiger partial charge in [0.15, 0.2) is 5.82 Å². The summed E-state index contributed by atoms with van der Waals surface area (Å²) in [5, 5.41) is 0. The van der Waals surface area contributed by atoms with Gasteiger partial charge < -0.3 is 4.98 Å². The van der Waals surface area contributed by atoms with Gasteiger partial charge in [0.2, 0.25) is 0 Å². The van der Waals surface area contributed by atoms with Crippen molar-refractivity contribution in [1.82, 2.24) is 15.0 Å². The van der Waals surface area contributed by atoms with E-state index in [0.29, 0.717) is 4.64 Å². The quantitative estimate of drug-likeness (QED) is 0.808. The molecule has 2 heterocycles. The summed E-state index contributed by atoms with van der Waals surface area (Å²) < 4.78 is 0.596. The van der Waals surface area contributed by atoms with Crippen molar-refractivity contribution in [3.63, 3.8) is 0 Å². The first-order chi connectivity index (χ1) is 7.70. The maximum atomic E-state index is 5.11. The maximum Gasteiger partial charge on any atom is 0.158 e. The Bertz CT molecular complexity index is 560. The molecule has 0 bridgehead atoms. The van der Waals surface area contributed by atoms with Crippen molar-refractivity contribution in [3.8, 4) is 11.5 Å². The SMILES string of the molecule is CCc1cccnc1-c1nc(=S)cc(C)[nH]1. The van der Waals surface area contributed by atoms with Gasteiger partial charge in [-0.25, -0.2) is 4.98 Å². The van der Waals surface area contributed by atoms with Gasteiger partial charge in [0.05, 0.1) is 0 Å². The third-order valence-electron chi connectivity index (χ3n) is 2.37. The van der Waals surface area contributed by atoms with Gasteiger partial charge >= 0.3 is 0 Å². The number of pyridine rings is 1. The molecule has 0 amide bonds. The van der Waals surface area contributed by atoms with E-state index in [9.17, 15) is 0 Å². The second-order valence-electron chi connectivity index (χ2n) is 3.62. The lowest BCUT2D eigenvalue weighted by atomic mass is 10.1. The molecule has 2 rings (SSSR count). The summed E-state index contributed by atoms with van der Waals surface area (Å²) in [6.07, 6.45) is 2.70. The third-order valence-corrected chi connectivity index (χ3v) is 2.58. The molecule has 0 saturated heterocycles.